The molecule has 4 heteroatoms. The van der Waals surface area contributed by atoms with Crippen LogP contribution in [0.2, 0.25) is 0 Å². The van der Waals surface area contributed by atoms with Crippen LogP contribution in [0.5, 0.6) is 0 Å². The van der Waals surface area contributed by atoms with E-state index >= 15 is 0 Å². The van der Waals surface area contributed by atoms with E-state index in [9.17, 15) is 4.79 Å². The minimum Gasteiger partial charge on any atom is -0.465 e. The van der Waals surface area contributed by atoms with E-state index in [1.54, 1.807) is 0 Å². The highest BCUT2D eigenvalue weighted by Gasteiger charge is 2.29. The zero-order valence-electron chi connectivity index (χ0n) is 10.5. The monoisotopic (exact) mass is 249 g/mol. The lowest BCUT2D eigenvalue weighted by Crippen LogP contribution is -2.41. The first kappa shape index (κ1) is 12.9. The molecule has 2 unspecified atom stereocenters. The molecule has 2 atom stereocenters. The molecule has 1 heterocycles. The lowest BCUT2D eigenvalue weighted by molar-refractivity contribution is 0.116. The smallest absolute Gasteiger partial charge is 0.407 e. The normalized spacial score (nSPS) is 24.0. The zero-order chi connectivity index (χ0) is 13.1. The standard InChI is InChI=1S/C14H19NO3/c1-10-8-15(14(17)18)6-5-13(10)12-4-2-3-11(7-12)9-16/h2-4,7,10,13,16H,5-6,8-9H2,1H3,(H,17,18). The predicted octanol–water partition coefficient (Wildman–Crippen LogP) is 2.28. The van der Waals surface area contributed by atoms with E-state index in [-0.39, 0.29) is 6.61 Å². The number of amides is 1. The largest absolute Gasteiger partial charge is 0.465 e. The number of carbonyl (C=O) groups is 1. The van der Waals surface area contributed by atoms with Crippen molar-refractivity contribution in [2.24, 2.45) is 5.92 Å². The fourth-order valence-corrected chi connectivity index (χ4v) is 2.74. The Morgan fingerprint density at radius 3 is 2.89 bits per heavy atom. The van der Waals surface area contributed by atoms with Gasteiger partial charge in [0.1, 0.15) is 0 Å². The van der Waals surface area contributed by atoms with Gasteiger partial charge in [0.25, 0.3) is 0 Å². The first-order valence-corrected chi connectivity index (χ1v) is 6.29. The van der Waals surface area contributed by atoms with E-state index in [0.717, 1.165) is 12.0 Å². The summed E-state index contributed by atoms with van der Waals surface area (Å²) in [5, 5.41) is 18.1. The average molecular weight is 249 g/mol. The molecule has 1 aliphatic heterocycles. The summed E-state index contributed by atoms with van der Waals surface area (Å²) >= 11 is 0. The molecule has 18 heavy (non-hydrogen) atoms. The molecule has 2 N–H and O–H groups in total. The Bertz CT molecular complexity index is 433. The van der Waals surface area contributed by atoms with Crippen LogP contribution in [-0.2, 0) is 6.61 Å². The molecule has 1 aromatic carbocycles. The highest BCUT2D eigenvalue weighted by molar-refractivity contribution is 5.65. The van der Waals surface area contributed by atoms with Gasteiger partial charge in [-0.1, -0.05) is 31.2 Å². The Balaban J connectivity index is 2.12. The molecule has 0 bridgehead atoms. The minimum atomic E-state index is -0.829. The van der Waals surface area contributed by atoms with Crippen molar-refractivity contribution < 1.29 is 15.0 Å². The van der Waals surface area contributed by atoms with Gasteiger partial charge in [-0.2, -0.15) is 0 Å². The third-order valence-electron chi connectivity index (χ3n) is 3.74. The molecule has 1 amide bonds. The van der Waals surface area contributed by atoms with Crippen molar-refractivity contribution in [3.8, 4) is 0 Å². The molecule has 0 saturated carbocycles. The van der Waals surface area contributed by atoms with Gasteiger partial charge < -0.3 is 15.1 Å². The summed E-state index contributed by atoms with van der Waals surface area (Å²) in [7, 11) is 0. The highest BCUT2D eigenvalue weighted by Crippen LogP contribution is 2.33. The van der Waals surface area contributed by atoms with E-state index in [4.69, 9.17) is 10.2 Å². The lowest BCUT2D eigenvalue weighted by atomic mass is 9.81. The third kappa shape index (κ3) is 2.64. The maximum atomic E-state index is 10.9. The number of rotatable bonds is 2. The van der Waals surface area contributed by atoms with Crippen LogP contribution in [0.25, 0.3) is 0 Å². The first-order chi connectivity index (χ1) is 8.61. The number of nitrogens with zero attached hydrogens (tertiary/aromatic N) is 1. The van der Waals surface area contributed by atoms with Crippen LogP contribution in [0, 0.1) is 5.92 Å². The second kappa shape index (κ2) is 5.40. The van der Waals surface area contributed by atoms with Gasteiger partial charge in [0.2, 0.25) is 0 Å². The quantitative estimate of drug-likeness (QED) is 0.845. The van der Waals surface area contributed by atoms with Crippen LogP contribution in [0.1, 0.15) is 30.4 Å². The molecule has 0 radical (unpaired) electrons. The number of piperidine rings is 1. The van der Waals surface area contributed by atoms with Gasteiger partial charge in [0, 0.05) is 13.1 Å². The van der Waals surface area contributed by atoms with Crippen LogP contribution in [-0.4, -0.2) is 34.3 Å². The van der Waals surface area contributed by atoms with Crippen LogP contribution in [0.3, 0.4) is 0 Å². The Kier molecular flexibility index (Phi) is 3.87. The molecular weight excluding hydrogens is 230 g/mol. The number of hydrogen-bond acceptors (Lipinski definition) is 2. The van der Waals surface area contributed by atoms with Crippen molar-refractivity contribution in [1.29, 1.82) is 0 Å². The summed E-state index contributed by atoms with van der Waals surface area (Å²) in [4.78, 5) is 12.4. The van der Waals surface area contributed by atoms with Gasteiger partial charge in [-0.3, -0.25) is 0 Å². The SMILES string of the molecule is CC1CN(C(=O)O)CCC1c1cccc(CO)c1. The zero-order valence-corrected chi connectivity index (χ0v) is 10.5. The Morgan fingerprint density at radius 1 is 1.50 bits per heavy atom. The third-order valence-corrected chi connectivity index (χ3v) is 3.74. The van der Waals surface area contributed by atoms with Crippen molar-refractivity contribution in [2.45, 2.75) is 25.9 Å². The lowest BCUT2D eigenvalue weighted by Gasteiger charge is -2.35. The summed E-state index contributed by atoms with van der Waals surface area (Å²) < 4.78 is 0. The Hall–Kier alpha value is -1.55. The Morgan fingerprint density at radius 2 is 2.28 bits per heavy atom. The topological polar surface area (TPSA) is 60.8 Å². The van der Waals surface area contributed by atoms with E-state index in [0.29, 0.717) is 24.9 Å². The second-order valence-corrected chi connectivity index (χ2v) is 5.00. The summed E-state index contributed by atoms with van der Waals surface area (Å²) in [5.74, 6) is 0.691. The number of benzene rings is 1. The number of aliphatic hydroxyl groups excluding tert-OH is 1. The molecule has 2 rings (SSSR count). The van der Waals surface area contributed by atoms with Gasteiger partial charge >= 0.3 is 6.09 Å². The van der Waals surface area contributed by atoms with Crippen molar-refractivity contribution in [1.82, 2.24) is 4.90 Å². The van der Waals surface area contributed by atoms with E-state index in [1.165, 1.54) is 10.5 Å². The van der Waals surface area contributed by atoms with Crippen LogP contribution in [0.4, 0.5) is 4.79 Å². The van der Waals surface area contributed by atoms with Gasteiger partial charge in [-0.25, -0.2) is 4.79 Å². The average Bonchev–Trinajstić information content (AvgIpc) is 2.38. The van der Waals surface area contributed by atoms with E-state index in [2.05, 4.69) is 13.0 Å². The molecule has 1 aromatic rings. The van der Waals surface area contributed by atoms with Crippen molar-refractivity contribution in [2.75, 3.05) is 13.1 Å². The number of hydrogen-bond donors (Lipinski definition) is 2. The van der Waals surface area contributed by atoms with Gasteiger partial charge in [-0.15, -0.1) is 0 Å². The number of likely N-dealkylation sites (tertiary alicyclic amines) is 1. The molecule has 1 aliphatic rings. The summed E-state index contributed by atoms with van der Waals surface area (Å²) in [6.45, 7) is 3.32. The summed E-state index contributed by atoms with van der Waals surface area (Å²) in [6.07, 6.45) is 0.0203. The molecule has 1 saturated heterocycles. The maximum Gasteiger partial charge on any atom is 0.407 e. The van der Waals surface area contributed by atoms with Crippen LogP contribution < -0.4 is 0 Å². The molecule has 98 valence electrons. The van der Waals surface area contributed by atoms with Gasteiger partial charge in [-0.05, 0) is 29.4 Å². The van der Waals surface area contributed by atoms with Crippen molar-refractivity contribution in [3.63, 3.8) is 0 Å². The van der Waals surface area contributed by atoms with Gasteiger partial charge in [0.15, 0.2) is 0 Å². The maximum absolute atomic E-state index is 10.9. The first-order valence-electron chi connectivity index (χ1n) is 6.29. The van der Waals surface area contributed by atoms with E-state index in [1.807, 2.05) is 18.2 Å². The molecule has 1 fully saturated rings. The van der Waals surface area contributed by atoms with Gasteiger partial charge in [0.05, 0.1) is 6.61 Å². The number of carboxylic acid groups (broad SMARTS) is 1. The van der Waals surface area contributed by atoms with Crippen LogP contribution >= 0.6 is 0 Å². The molecule has 4 nitrogen and oxygen atoms in total. The summed E-state index contributed by atoms with van der Waals surface area (Å²) in [5.41, 5.74) is 2.12. The Labute approximate surface area is 107 Å². The fraction of sp³-hybridized carbons (Fsp3) is 0.500. The van der Waals surface area contributed by atoms with Crippen molar-refractivity contribution in [3.05, 3.63) is 35.4 Å². The highest BCUT2D eigenvalue weighted by atomic mass is 16.4. The van der Waals surface area contributed by atoms with E-state index < -0.39 is 6.09 Å². The predicted molar refractivity (Wildman–Crippen MR) is 68.5 cm³/mol. The summed E-state index contributed by atoms with van der Waals surface area (Å²) in [6, 6.07) is 7.95. The minimum absolute atomic E-state index is 0.0518. The van der Waals surface area contributed by atoms with Crippen LogP contribution in [0.15, 0.2) is 24.3 Å². The second-order valence-electron chi connectivity index (χ2n) is 5.00. The molecule has 0 aromatic heterocycles. The molecule has 0 aliphatic carbocycles. The number of aliphatic hydroxyl groups is 1. The van der Waals surface area contributed by atoms with Crippen molar-refractivity contribution >= 4 is 6.09 Å². The fourth-order valence-electron chi connectivity index (χ4n) is 2.74. The molecular formula is C14H19NO3. The molecule has 0 spiro atoms.